The molecule has 0 radical (unpaired) electrons. The molecule has 1 nitrogen and oxygen atoms in total. The summed E-state index contributed by atoms with van der Waals surface area (Å²) in [6.45, 7) is 1.58. The van der Waals surface area contributed by atoms with Crippen molar-refractivity contribution >= 4 is 11.8 Å². The van der Waals surface area contributed by atoms with E-state index in [4.69, 9.17) is 0 Å². The van der Waals surface area contributed by atoms with Crippen LogP contribution in [0.3, 0.4) is 0 Å². The SMILES string of the molecule is CSc1ccc(CNCc2ccc(F)cc2)cc1. The quantitative estimate of drug-likeness (QED) is 0.821. The molecule has 0 unspecified atom stereocenters. The molecular formula is C15H16FNS. The molecule has 0 spiro atoms. The lowest BCUT2D eigenvalue weighted by Crippen LogP contribution is -2.12. The summed E-state index contributed by atoms with van der Waals surface area (Å²) in [5.41, 5.74) is 2.35. The van der Waals surface area contributed by atoms with E-state index in [1.54, 1.807) is 23.9 Å². The molecule has 0 heterocycles. The highest BCUT2D eigenvalue weighted by Crippen LogP contribution is 2.14. The smallest absolute Gasteiger partial charge is 0.123 e. The molecule has 0 aromatic heterocycles. The molecule has 1 N–H and O–H groups in total. The van der Waals surface area contributed by atoms with Gasteiger partial charge in [-0.2, -0.15) is 0 Å². The van der Waals surface area contributed by atoms with Crippen LogP contribution < -0.4 is 5.32 Å². The Labute approximate surface area is 111 Å². The maximum absolute atomic E-state index is 12.7. The maximum Gasteiger partial charge on any atom is 0.123 e. The van der Waals surface area contributed by atoms with Crippen LogP contribution >= 0.6 is 11.8 Å². The lowest BCUT2D eigenvalue weighted by molar-refractivity contribution is 0.625. The topological polar surface area (TPSA) is 12.0 Å². The minimum atomic E-state index is -0.189. The maximum atomic E-state index is 12.7. The number of thioether (sulfide) groups is 1. The normalized spacial score (nSPS) is 10.6. The predicted octanol–water partition coefficient (Wildman–Crippen LogP) is 3.84. The van der Waals surface area contributed by atoms with E-state index in [0.29, 0.717) is 0 Å². The fourth-order valence-corrected chi connectivity index (χ4v) is 2.11. The van der Waals surface area contributed by atoms with Crippen molar-refractivity contribution in [3.05, 3.63) is 65.5 Å². The molecular weight excluding hydrogens is 245 g/mol. The summed E-state index contributed by atoms with van der Waals surface area (Å²) in [4.78, 5) is 1.28. The minimum Gasteiger partial charge on any atom is -0.309 e. The summed E-state index contributed by atoms with van der Waals surface area (Å²) in [5, 5.41) is 3.35. The van der Waals surface area contributed by atoms with Crippen LogP contribution in [0.25, 0.3) is 0 Å². The average Bonchev–Trinajstić information content (AvgIpc) is 2.42. The second-order valence-electron chi connectivity index (χ2n) is 4.08. The van der Waals surface area contributed by atoms with Gasteiger partial charge in [-0.3, -0.25) is 0 Å². The van der Waals surface area contributed by atoms with Crippen molar-refractivity contribution < 1.29 is 4.39 Å². The fourth-order valence-electron chi connectivity index (χ4n) is 1.70. The number of hydrogen-bond acceptors (Lipinski definition) is 2. The summed E-state index contributed by atoms with van der Waals surface area (Å²) >= 11 is 1.74. The standard InChI is InChI=1S/C15H16FNS/c1-18-15-8-4-13(5-9-15)11-17-10-12-2-6-14(16)7-3-12/h2-9,17H,10-11H2,1H3. The number of benzene rings is 2. The molecule has 0 aliphatic rings. The van der Waals surface area contributed by atoms with Crippen molar-refractivity contribution in [2.24, 2.45) is 0 Å². The summed E-state index contributed by atoms with van der Waals surface area (Å²) in [5.74, 6) is -0.189. The van der Waals surface area contributed by atoms with Crippen molar-refractivity contribution in [2.75, 3.05) is 6.26 Å². The van der Waals surface area contributed by atoms with Crippen LogP contribution in [0.2, 0.25) is 0 Å². The highest BCUT2D eigenvalue weighted by Gasteiger charge is 1.96. The van der Waals surface area contributed by atoms with Crippen molar-refractivity contribution in [1.29, 1.82) is 0 Å². The first-order valence-electron chi connectivity index (χ1n) is 5.86. The number of hydrogen-bond donors (Lipinski definition) is 1. The van der Waals surface area contributed by atoms with Crippen LogP contribution in [0.5, 0.6) is 0 Å². The van der Waals surface area contributed by atoms with Gasteiger partial charge in [-0.05, 0) is 41.6 Å². The van der Waals surface area contributed by atoms with Crippen LogP contribution in [0.15, 0.2) is 53.4 Å². The van der Waals surface area contributed by atoms with E-state index in [0.717, 1.165) is 18.7 Å². The molecule has 2 aromatic carbocycles. The first-order chi connectivity index (χ1) is 8.78. The lowest BCUT2D eigenvalue weighted by atomic mass is 10.2. The lowest BCUT2D eigenvalue weighted by Gasteiger charge is -2.06. The summed E-state index contributed by atoms with van der Waals surface area (Å²) < 4.78 is 12.7. The molecule has 0 saturated carbocycles. The van der Waals surface area contributed by atoms with Crippen LogP contribution in [0, 0.1) is 5.82 Å². The van der Waals surface area contributed by atoms with Crippen molar-refractivity contribution in [1.82, 2.24) is 5.32 Å². The van der Waals surface area contributed by atoms with Gasteiger partial charge in [-0.1, -0.05) is 24.3 Å². The molecule has 0 bridgehead atoms. The highest BCUT2D eigenvalue weighted by molar-refractivity contribution is 7.98. The second-order valence-corrected chi connectivity index (χ2v) is 4.96. The molecule has 2 aromatic rings. The monoisotopic (exact) mass is 261 g/mol. The summed E-state index contributed by atoms with van der Waals surface area (Å²) in [6, 6.07) is 15.1. The van der Waals surface area contributed by atoms with Gasteiger partial charge in [-0.25, -0.2) is 4.39 Å². The minimum absolute atomic E-state index is 0.189. The van der Waals surface area contributed by atoms with Crippen molar-refractivity contribution in [2.45, 2.75) is 18.0 Å². The van der Waals surface area contributed by atoms with Gasteiger partial charge in [0, 0.05) is 18.0 Å². The molecule has 0 fully saturated rings. The Balaban J connectivity index is 1.82. The third kappa shape index (κ3) is 3.86. The van der Waals surface area contributed by atoms with Crippen molar-refractivity contribution in [3.63, 3.8) is 0 Å². The zero-order valence-electron chi connectivity index (χ0n) is 10.3. The van der Waals surface area contributed by atoms with Crippen LogP contribution in [0.4, 0.5) is 4.39 Å². The van der Waals surface area contributed by atoms with E-state index in [9.17, 15) is 4.39 Å². The second kappa shape index (κ2) is 6.57. The van der Waals surface area contributed by atoms with Gasteiger partial charge in [0.05, 0.1) is 0 Å². The fraction of sp³-hybridized carbons (Fsp3) is 0.200. The Morgan fingerprint density at radius 2 is 1.39 bits per heavy atom. The molecule has 94 valence electrons. The van der Waals surface area contributed by atoms with E-state index in [1.807, 2.05) is 0 Å². The average molecular weight is 261 g/mol. The van der Waals surface area contributed by atoms with E-state index >= 15 is 0 Å². The predicted molar refractivity (Wildman–Crippen MR) is 75.2 cm³/mol. The van der Waals surface area contributed by atoms with E-state index in [-0.39, 0.29) is 5.82 Å². The molecule has 18 heavy (non-hydrogen) atoms. The van der Waals surface area contributed by atoms with Gasteiger partial charge in [0.25, 0.3) is 0 Å². The highest BCUT2D eigenvalue weighted by atomic mass is 32.2. The molecule has 2 rings (SSSR count). The molecule has 0 saturated heterocycles. The van der Waals surface area contributed by atoms with Crippen LogP contribution in [-0.2, 0) is 13.1 Å². The Morgan fingerprint density at radius 3 is 1.89 bits per heavy atom. The van der Waals surface area contributed by atoms with Crippen molar-refractivity contribution in [3.8, 4) is 0 Å². The zero-order chi connectivity index (χ0) is 12.8. The van der Waals surface area contributed by atoms with Gasteiger partial charge < -0.3 is 5.32 Å². The number of halogens is 1. The Morgan fingerprint density at radius 1 is 0.889 bits per heavy atom. The molecule has 0 aliphatic carbocycles. The zero-order valence-corrected chi connectivity index (χ0v) is 11.1. The van der Waals surface area contributed by atoms with Crippen LogP contribution in [0.1, 0.15) is 11.1 Å². The Hall–Kier alpha value is -1.32. The molecule has 3 heteroatoms. The van der Waals surface area contributed by atoms with Gasteiger partial charge in [0.1, 0.15) is 5.82 Å². The summed E-state index contributed by atoms with van der Waals surface area (Å²) in [7, 11) is 0. The summed E-state index contributed by atoms with van der Waals surface area (Å²) in [6.07, 6.45) is 2.07. The number of nitrogens with one attached hydrogen (secondary N) is 1. The Bertz CT molecular complexity index is 479. The van der Waals surface area contributed by atoms with E-state index < -0.39 is 0 Å². The van der Waals surface area contributed by atoms with E-state index in [2.05, 4.69) is 35.8 Å². The third-order valence-corrected chi connectivity index (χ3v) is 3.47. The van der Waals surface area contributed by atoms with Gasteiger partial charge in [-0.15, -0.1) is 11.8 Å². The largest absolute Gasteiger partial charge is 0.309 e. The van der Waals surface area contributed by atoms with Gasteiger partial charge >= 0.3 is 0 Å². The third-order valence-electron chi connectivity index (χ3n) is 2.73. The van der Waals surface area contributed by atoms with E-state index in [1.165, 1.54) is 22.6 Å². The Kier molecular flexibility index (Phi) is 4.79. The first-order valence-corrected chi connectivity index (χ1v) is 7.08. The molecule has 0 atom stereocenters. The van der Waals surface area contributed by atoms with Gasteiger partial charge in [0.2, 0.25) is 0 Å². The van der Waals surface area contributed by atoms with Crippen LogP contribution in [-0.4, -0.2) is 6.26 Å². The number of rotatable bonds is 5. The first kappa shape index (κ1) is 13.1. The molecule has 0 aliphatic heterocycles. The molecule has 0 amide bonds. The van der Waals surface area contributed by atoms with Gasteiger partial charge in [0.15, 0.2) is 0 Å².